The molecule has 0 unspecified atom stereocenters. The maximum Gasteiger partial charge on any atom is 0.274 e. The number of rotatable bonds is 1. The average molecular weight is 243 g/mol. The van der Waals surface area contributed by atoms with Gasteiger partial charge in [0, 0.05) is 25.5 Å². The van der Waals surface area contributed by atoms with E-state index in [0.717, 1.165) is 31.5 Å². The molecule has 2 heterocycles. The predicted octanol–water partition coefficient (Wildman–Crippen LogP) is 1.03. The van der Waals surface area contributed by atoms with E-state index in [2.05, 4.69) is 5.32 Å². The van der Waals surface area contributed by atoms with Gasteiger partial charge in [0.2, 0.25) is 0 Å². The number of aliphatic imine (C=N–C) groups is 1. The second kappa shape index (κ2) is 4.21. The van der Waals surface area contributed by atoms with Crippen molar-refractivity contribution in [3.05, 3.63) is 35.9 Å². The molecule has 0 aromatic heterocycles. The van der Waals surface area contributed by atoms with Crippen LogP contribution in [0.5, 0.6) is 0 Å². The van der Waals surface area contributed by atoms with Crippen molar-refractivity contribution >= 4 is 11.6 Å². The molecule has 1 amide bonds. The van der Waals surface area contributed by atoms with Crippen LogP contribution in [0, 0.1) is 0 Å². The molecule has 1 aromatic rings. The van der Waals surface area contributed by atoms with Crippen molar-refractivity contribution in [1.82, 2.24) is 10.2 Å². The van der Waals surface area contributed by atoms with Gasteiger partial charge >= 0.3 is 0 Å². The average Bonchev–Trinajstić information content (AvgIpc) is 2.67. The quantitative estimate of drug-likeness (QED) is 0.800. The largest absolute Gasteiger partial charge is 0.316 e. The number of hydrogen-bond acceptors (Lipinski definition) is 3. The van der Waals surface area contributed by atoms with Gasteiger partial charge in [-0.15, -0.1) is 0 Å². The third-order valence-electron chi connectivity index (χ3n) is 3.90. The number of piperidine rings is 1. The molecule has 2 aliphatic heterocycles. The third kappa shape index (κ3) is 1.64. The minimum atomic E-state index is -0.312. The summed E-state index contributed by atoms with van der Waals surface area (Å²) in [4.78, 5) is 18.9. The van der Waals surface area contributed by atoms with Crippen LogP contribution in [0.2, 0.25) is 0 Å². The number of nitrogens with one attached hydrogen (secondary N) is 1. The monoisotopic (exact) mass is 243 g/mol. The van der Waals surface area contributed by atoms with Crippen LogP contribution < -0.4 is 5.32 Å². The highest BCUT2D eigenvalue weighted by molar-refractivity contribution is 6.46. The van der Waals surface area contributed by atoms with E-state index in [1.807, 2.05) is 42.3 Å². The SMILES string of the molecule is CN1C(=O)C(c2ccccc2)=NC12CCNCC2. The maximum absolute atomic E-state index is 12.4. The van der Waals surface area contributed by atoms with Gasteiger partial charge in [-0.3, -0.25) is 9.79 Å². The first kappa shape index (κ1) is 11.4. The Morgan fingerprint density at radius 3 is 2.56 bits per heavy atom. The van der Waals surface area contributed by atoms with E-state index in [-0.39, 0.29) is 11.6 Å². The lowest BCUT2D eigenvalue weighted by Gasteiger charge is -2.37. The Balaban J connectivity index is 2.00. The summed E-state index contributed by atoms with van der Waals surface area (Å²) in [7, 11) is 1.87. The van der Waals surface area contributed by atoms with Crippen LogP contribution in [-0.4, -0.2) is 42.3 Å². The Hall–Kier alpha value is -1.68. The predicted molar refractivity (Wildman–Crippen MR) is 70.6 cm³/mol. The molecule has 1 N–H and O–H groups in total. The fourth-order valence-corrected chi connectivity index (χ4v) is 2.74. The van der Waals surface area contributed by atoms with Gasteiger partial charge in [-0.2, -0.15) is 0 Å². The Bertz CT molecular complexity index is 489. The van der Waals surface area contributed by atoms with E-state index < -0.39 is 0 Å². The zero-order chi connectivity index (χ0) is 12.6. The summed E-state index contributed by atoms with van der Waals surface area (Å²) in [6, 6.07) is 9.74. The molecule has 94 valence electrons. The normalized spacial score (nSPS) is 22.4. The summed E-state index contributed by atoms with van der Waals surface area (Å²) in [5, 5.41) is 3.32. The summed E-state index contributed by atoms with van der Waals surface area (Å²) in [5.41, 5.74) is 1.22. The minimum absolute atomic E-state index is 0.0445. The molecule has 2 aliphatic rings. The molecule has 1 fully saturated rings. The molecule has 1 aromatic carbocycles. The lowest BCUT2D eigenvalue weighted by molar-refractivity contribution is -0.126. The molecule has 1 spiro atoms. The first-order valence-corrected chi connectivity index (χ1v) is 6.37. The molecule has 4 heteroatoms. The van der Waals surface area contributed by atoms with Crippen molar-refractivity contribution in [3.8, 4) is 0 Å². The first-order valence-electron chi connectivity index (χ1n) is 6.37. The van der Waals surface area contributed by atoms with Crippen molar-refractivity contribution in [2.45, 2.75) is 18.5 Å². The molecule has 0 aliphatic carbocycles. The summed E-state index contributed by atoms with van der Waals surface area (Å²) in [6.07, 6.45) is 1.79. The van der Waals surface area contributed by atoms with Crippen molar-refractivity contribution < 1.29 is 4.79 Å². The standard InChI is InChI=1S/C14H17N3O/c1-17-13(18)12(11-5-3-2-4-6-11)16-14(17)7-9-15-10-8-14/h2-6,15H,7-10H2,1H3. The Morgan fingerprint density at radius 1 is 1.22 bits per heavy atom. The second-order valence-corrected chi connectivity index (χ2v) is 4.92. The van der Waals surface area contributed by atoms with Gasteiger partial charge in [-0.05, 0) is 13.1 Å². The van der Waals surface area contributed by atoms with Gasteiger partial charge in [-0.1, -0.05) is 30.3 Å². The summed E-state index contributed by atoms with van der Waals surface area (Å²) in [6.45, 7) is 1.84. The molecular weight excluding hydrogens is 226 g/mol. The number of hydrogen-bond donors (Lipinski definition) is 1. The van der Waals surface area contributed by atoms with Gasteiger partial charge in [0.1, 0.15) is 11.4 Å². The molecule has 0 atom stereocenters. The van der Waals surface area contributed by atoms with Crippen LogP contribution in [-0.2, 0) is 4.79 Å². The first-order chi connectivity index (χ1) is 8.73. The molecule has 0 saturated carbocycles. The number of carbonyl (C=O) groups is 1. The smallest absolute Gasteiger partial charge is 0.274 e. The number of carbonyl (C=O) groups excluding carboxylic acids is 1. The van der Waals surface area contributed by atoms with Gasteiger partial charge in [-0.25, -0.2) is 0 Å². The molecule has 0 bridgehead atoms. The highest BCUT2D eigenvalue weighted by Crippen LogP contribution is 2.32. The summed E-state index contributed by atoms with van der Waals surface area (Å²) >= 11 is 0. The van der Waals surface area contributed by atoms with Crippen LogP contribution in [0.15, 0.2) is 35.3 Å². The van der Waals surface area contributed by atoms with E-state index in [0.29, 0.717) is 5.71 Å². The number of amides is 1. The lowest BCUT2D eigenvalue weighted by Crippen LogP contribution is -2.50. The Morgan fingerprint density at radius 2 is 1.89 bits per heavy atom. The van der Waals surface area contributed by atoms with Gasteiger partial charge < -0.3 is 10.2 Å². The summed E-state index contributed by atoms with van der Waals surface area (Å²) < 4.78 is 0. The number of nitrogens with zero attached hydrogens (tertiary/aromatic N) is 2. The van der Waals surface area contributed by atoms with Gasteiger partial charge in [0.15, 0.2) is 0 Å². The molecule has 0 radical (unpaired) electrons. The highest BCUT2D eigenvalue weighted by atomic mass is 16.2. The van der Waals surface area contributed by atoms with Gasteiger partial charge in [0.05, 0.1) is 0 Å². The fraction of sp³-hybridized carbons (Fsp3) is 0.429. The molecule has 3 rings (SSSR count). The van der Waals surface area contributed by atoms with Crippen molar-refractivity contribution in [3.63, 3.8) is 0 Å². The topological polar surface area (TPSA) is 44.7 Å². The minimum Gasteiger partial charge on any atom is -0.316 e. The van der Waals surface area contributed by atoms with Crippen LogP contribution in [0.3, 0.4) is 0 Å². The molecule has 1 saturated heterocycles. The number of benzene rings is 1. The van der Waals surface area contributed by atoms with E-state index in [9.17, 15) is 4.79 Å². The van der Waals surface area contributed by atoms with E-state index in [4.69, 9.17) is 4.99 Å². The fourth-order valence-electron chi connectivity index (χ4n) is 2.74. The van der Waals surface area contributed by atoms with Gasteiger partial charge in [0.25, 0.3) is 5.91 Å². The van der Waals surface area contributed by atoms with Crippen molar-refractivity contribution in [2.75, 3.05) is 20.1 Å². The zero-order valence-electron chi connectivity index (χ0n) is 10.5. The van der Waals surface area contributed by atoms with E-state index >= 15 is 0 Å². The van der Waals surface area contributed by atoms with Crippen molar-refractivity contribution in [2.24, 2.45) is 4.99 Å². The number of likely N-dealkylation sites (N-methyl/N-ethyl adjacent to an activating group) is 1. The van der Waals surface area contributed by atoms with Crippen LogP contribution in [0.25, 0.3) is 0 Å². The zero-order valence-corrected chi connectivity index (χ0v) is 10.5. The molecule has 18 heavy (non-hydrogen) atoms. The second-order valence-electron chi connectivity index (χ2n) is 4.92. The Labute approximate surface area is 107 Å². The van der Waals surface area contributed by atoms with Crippen LogP contribution in [0.1, 0.15) is 18.4 Å². The van der Waals surface area contributed by atoms with Crippen LogP contribution >= 0.6 is 0 Å². The van der Waals surface area contributed by atoms with E-state index in [1.54, 1.807) is 0 Å². The highest BCUT2D eigenvalue weighted by Gasteiger charge is 2.45. The maximum atomic E-state index is 12.4. The third-order valence-corrected chi connectivity index (χ3v) is 3.90. The lowest BCUT2D eigenvalue weighted by atomic mass is 9.98. The van der Waals surface area contributed by atoms with Crippen molar-refractivity contribution in [1.29, 1.82) is 0 Å². The molecular formula is C14H17N3O. The van der Waals surface area contributed by atoms with Crippen LogP contribution in [0.4, 0.5) is 0 Å². The Kier molecular flexibility index (Phi) is 2.67. The molecule has 4 nitrogen and oxygen atoms in total. The summed E-state index contributed by atoms with van der Waals surface area (Å²) in [5.74, 6) is 0.0445. The van der Waals surface area contributed by atoms with E-state index in [1.165, 1.54) is 0 Å².